The molecule has 170 valence electrons. The molecule has 2 rings (SSSR count). The van der Waals surface area contributed by atoms with Crippen LogP contribution in [0.2, 0.25) is 0 Å². The molecule has 32 heavy (non-hydrogen) atoms. The van der Waals surface area contributed by atoms with E-state index in [1.54, 1.807) is 60.7 Å². The quantitative estimate of drug-likeness (QED) is 0.288. The summed E-state index contributed by atoms with van der Waals surface area (Å²) in [6.45, 7) is -0.136. The number of amides is 2. The first kappa shape index (κ1) is 24.2. The van der Waals surface area contributed by atoms with E-state index in [0.717, 1.165) is 0 Å². The van der Waals surface area contributed by atoms with Gasteiger partial charge in [-0.05, 0) is 24.0 Å². The lowest BCUT2D eigenvalue weighted by Gasteiger charge is -2.25. The minimum Gasteiger partial charge on any atom is -0.480 e. The maximum absolute atomic E-state index is 12.7. The van der Waals surface area contributed by atoms with Gasteiger partial charge in [-0.15, -0.1) is 0 Å². The molecule has 2 aromatic rings. The number of hydrogen-bond acceptors (Lipinski definition) is 6. The molecule has 5 N–H and O–H groups in total. The Morgan fingerprint density at radius 2 is 1.34 bits per heavy atom. The van der Waals surface area contributed by atoms with E-state index in [1.165, 1.54) is 0 Å². The van der Waals surface area contributed by atoms with Gasteiger partial charge in [-0.3, -0.25) is 4.99 Å². The Hall–Kier alpha value is -4.08. The highest BCUT2D eigenvalue weighted by molar-refractivity contribution is 5.93. The highest BCUT2D eigenvalue weighted by atomic mass is 16.6. The lowest BCUT2D eigenvalue weighted by molar-refractivity contribution is -0.142. The van der Waals surface area contributed by atoms with Crippen LogP contribution in [0.15, 0.2) is 65.7 Å². The third kappa shape index (κ3) is 7.98. The molecule has 0 heterocycles. The largest absolute Gasteiger partial charge is 0.480 e. The summed E-state index contributed by atoms with van der Waals surface area (Å²) < 4.78 is 10.4. The van der Waals surface area contributed by atoms with Gasteiger partial charge in [-0.1, -0.05) is 60.7 Å². The maximum Gasteiger partial charge on any atom is 0.420 e. The fraction of sp³-hybridized carbons (Fsp3) is 0.273. The van der Waals surface area contributed by atoms with Gasteiger partial charge in [0, 0.05) is 6.54 Å². The topological polar surface area (TPSA) is 158 Å². The van der Waals surface area contributed by atoms with Gasteiger partial charge >= 0.3 is 18.2 Å². The molecule has 0 unspecified atom stereocenters. The maximum atomic E-state index is 12.7. The number of carbonyl (C=O) groups excluding carboxylic acids is 2. The second-order valence-electron chi connectivity index (χ2n) is 6.75. The summed E-state index contributed by atoms with van der Waals surface area (Å²) in [6, 6.07) is 16.1. The number of nitrogens with zero attached hydrogens (tertiary/aromatic N) is 2. The molecule has 10 nitrogen and oxygen atoms in total. The number of guanidine groups is 1. The van der Waals surface area contributed by atoms with Crippen LogP contribution in [-0.4, -0.2) is 46.7 Å². The van der Waals surface area contributed by atoms with Crippen LogP contribution in [0, 0.1) is 0 Å². The Labute approximate surface area is 185 Å². The van der Waals surface area contributed by atoms with Crippen LogP contribution in [-0.2, 0) is 27.5 Å². The number of nitrogens with two attached hydrogens (primary N) is 2. The molecular formula is C22H26N4O6. The molecule has 0 aliphatic rings. The van der Waals surface area contributed by atoms with Crippen LogP contribution in [0.25, 0.3) is 0 Å². The number of rotatable bonds is 10. The smallest absolute Gasteiger partial charge is 0.420 e. The van der Waals surface area contributed by atoms with Crippen LogP contribution in [0.1, 0.15) is 24.0 Å². The molecule has 0 saturated heterocycles. The Morgan fingerprint density at radius 1 is 0.875 bits per heavy atom. The van der Waals surface area contributed by atoms with E-state index in [0.29, 0.717) is 16.0 Å². The Kier molecular flexibility index (Phi) is 9.51. The van der Waals surface area contributed by atoms with E-state index >= 15 is 0 Å². The lowest BCUT2D eigenvalue weighted by atomic mass is 10.1. The standard InChI is InChI=1S/C22H26N4O6/c23-20(24)25-13-7-12-18(19(27)28)26(21(29)31-14-16-8-3-1-4-9-16)22(30)32-15-17-10-5-2-6-11-17/h1-6,8-11,18H,7,12-15H2,(H,27,28)(H4,23,24,25)/t18-/m0/s1. The van der Waals surface area contributed by atoms with Crippen molar-refractivity contribution in [3.63, 3.8) is 0 Å². The molecule has 10 heteroatoms. The number of benzene rings is 2. The summed E-state index contributed by atoms with van der Waals surface area (Å²) >= 11 is 0. The van der Waals surface area contributed by atoms with Gasteiger partial charge in [0.05, 0.1) is 0 Å². The van der Waals surface area contributed by atoms with Crippen molar-refractivity contribution < 1.29 is 29.0 Å². The van der Waals surface area contributed by atoms with Crippen molar-refractivity contribution in [3.8, 4) is 0 Å². The zero-order valence-corrected chi connectivity index (χ0v) is 17.4. The first-order chi connectivity index (χ1) is 15.4. The van der Waals surface area contributed by atoms with Gasteiger partial charge in [0.2, 0.25) is 0 Å². The number of aliphatic imine (C=N–C) groups is 1. The van der Waals surface area contributed by atoms with Gasteiger partial charge in [0.15, 0.2) is 5.96 Å². The van der Waals surface area contributed by atoms with Crippen molar-refractivity contribution in [1.82, 2.24) is 4.90 Å². The summed E-state index contributed by atoms with van der Waals surface area (Å²) in [5.41, 5.74) is 11.9. The number of carbonyl (C=O) groups is 3. The van der Waals surface area contributed by atoms with Gasteiger partial charge in [-0.2, -0.15) is 4.90 Å². The molecule has 1 atom stereocenters. The number of carboxylic acids is 1. The van der Waals surface area contributed by atoms with E-state index < -0.39 is 24.2 Å². The monoisotopic (exact) mass is 442 g/mol. The first-order valence-electron chi connectivity index (χ1n) is 9.87. The highest BCUT2D eigenvalue weighted by Gasteiger charge is 2.37. The summed E-state index contributed by atoms with van der Waals surface area (Å²) in [6.07, 6.45) is -2.13. The molecular weight excluding hydrogens is 416 g/mol. The van der Waals surface area contributed by atoms with Crippen LogP contribution in [0.3, 0.4) is 0 Å². The number of carboxylic acid groups (broad SMARTS) is 1. The van der Waals surface area contributed by atoms with E-state index in [1.807, 2.05) is 0 Å². The lowest BCUT2D eigenvalue weighted by Crippen LogP contribution is -2.49. The molecule has 0 spiro atoms. The molecule has 0 radical (unpaired) electrons. The van der Waals surface area contributed by atoms with Crippen molar-refractivity contribution in [3.05, 3.63) is 71.8 Å². The number of aliphatic carboxylic acids is 1. The number of hydrogen-bond donors (Lipinski definition) is 3. The van der Waals surface area contributed by atoms with E-state index in [4.69, 9.17) is 20.9 Å². The average molecular weight is 442 g/mol. The molecule has 0 bridgehead atoms. The fourth-order valence-electron chi connectivity index (χ4n) is 2.76. The second kappa shape index (κ2) is 12.6. The van der Waals surface area contributed by atoms with Crippen molar-refractivity contribution in [2.75, 3.05) is 6.54 Å². The molecule has 0 fully saturated rings. The minimum absolute atomic E-state index is 0.0903. The summed E-state index contributed by atoms with van der Waals surface area (Å²) in [5, 5.41) is 9.68. The predicted octanol–water partition coefficient (Wildman–Crippen LogP) is 2.47. The Bertz CT molecular complexity index is 861. The molecule has 2 amide bonds. The zero-order chi connectivity index (χ0) is 23.3. The normalized spacial score (nSPS) is 11.1. The average Bonchev–Trinajstić information content (AvgIpc) is 2.79. The van der Waals surface area contributed by atoms with Crippen molar-refractivity contribution >= 4 is 24.1 Å². The van der Waals surface area contributed by atoms with Gasteiger partial charge < -0.3 is 26.0 Å². The third-order valence-corrected chi connectivity index (χ3v) is 4.33. The minimum atomic E-state index is -1.52. The molecule has 0 aromatic heterocycles. The SMILES string of the molecule is NC(N)=NCCC[C@@H](C(=O)O)N(C(=O)OCc1ccccc1)C(=O)OCc1ccccc1. The van der Waals surface area contributed by atoms with E-state index in [9.17, 15) is 19.5 Å². The van der Waals surface area contributed by atoms with Gasteiger partial charge in [0.25, 0.3) is 0 Å². The van der Waals surface area contributed by atoms with E-state index in [2.05, 4.69) is 4.99 Å². The molecule has 2 aromatic carbocycles. The first-order valence-corrected chi connectivity index (χ1v) is 9.87. The Morgan fingerprint density at radius 3 is 1.75 bits per heavy atom. The van der Waals surface area contributed by atoms with Crippen molar-refractivity contribution in [2.24, 2.45) is 16.5 Å². The third-order valence-electron chi connectivity index (χ3n) is 4.33. The molecule has 0 saturated carbocycles. The van der Waals surface area contributed by atoms with Crippen LogP contribution in [0.5, 0.6) is 0 Å². The molecule has 0 aliphatic heterocycles. The fourth-order valence-corrected chi connectivity index (χ4v) is 2.76. The Balaban J connectivity index is 2.14. The zero-order valence-electron chi connectivity index (χ0n) is 17.4. The van der Waals surface area contributed by atoms with Gasteiger partial charge in [0.1, 0.15) is 19.3 Å². The summed E-state index contributed by atoms with van der Waals surface area (Å²) in [7, 11) is 0. The summed E-state index contributed by atoms with van der Waals surface area (Å²) in [5.74, 6) is -1.53. The van der Waals surface area contributed by atoms with Crippen LogP contribution < -0.4 is 11.5 Å². The van der Waals surface area contributed by atoms with Crippen molar-refractivity contribution in [2.45, 2.75) is 32.1 Å². The summed E-state index contributed by atoms with van der Waals surface area (Å²) in [4.78, 5) is 41.6. The number of ether oxygens (including phenoxy) is 2. The second-order valence-corrected chi connectivity index (χ2v) is 6.75. The van der Waals surface area contributed by atoms with Gasteiger partial charge in [-0.25, -0.2) is 14.4 Å². The van der Waals surface area contributed by atoms with Crippen molar-refractivity contribution in [1.29, 1.82) is 0 Å². The number of imide groups is 1. The van der Waals surface area contributed by atoms with E-state index in [-0.39, 0.29) is 38.6 Å². The molecule has 0 aliphatic carbocycles. The van der Waals surface area contributed by atoms with Crippen LogP contribution in [0.4, 0.5) is 9.59 Å². The predicted molar refractivity (Wildman–Crippen MR) is 116 cm³/mol. The van der Waals surface area contributed by atoms with Crippen LogP contribution >= 0.6 is 0 Å². The highest BCUT2D eigenvalue weighted by Crippen LogP contribution is 2.15.